The monoisotopic (exact) mass is 304 g/mol. The van der Waals surface area contributed by atoms with Crippen LogP contribution < -0.4 is 5.56 Å². The SMILES string of the molecule is CC1CC1c1nc(-c2ccccc2)c(Br)c(=O)[nH]1. The number of halogens is 1. The fraction of sp³-hybridized carbons (Fsp3) is 0.286. The molecule has 4 heteroatoms. The van der Waals surface area contributed by atoms with Crippen LogP contribution in [-0.2, 0) is 0 Å². The summed E-state index contributed by atoms with van der Waals surface area (Å²) in [6.07, 6.45) is 1.11. The van der Waals surface area contributed by atoms with E-state index >= 15 is 0 Å². The number of hydrogen-bond donors (Lipinski definition) is 1. The molecule has 1 saturated carbocycles. The molecule has 0 amide bonds. The first-order chi connectivity index (χ1) is 8.66. The summed E-state index contributed by atoms with van der Waals surface area (Å²) in [7, 11) is 0. The summed E-state index contributed by atoms with van der Waals surface area (Å²) in [5, 5.41) is 0. The van der Waals surface area contributed by atoms with Crippen LogP contribution in [0.5, 0.6) is 0 Å². The van der Waals surface area contributed by atoms with Crippen LogP contribution in [0.4, 0.5) is 0 Å². The van der Waals surface area contributed by atoms with Gasteiger partial charge >= 0.3 is 0 Å². The highest BCUT2D eigenvalue weighted by Crippen LogP contribution is 2.45. The van der Waals surface area contributed by atoms with Gasteiger partial charge in [0.2, 0.25) is 0 Å². The van der Waals surface area contributed by atoms with Gasteiger partial charge in [-0.1, -0.05) is 37.3 Å². The summed E-state index contributed by atoms with van der Waals surface area (Å²) in [5.74, 6) is 1.85. The van der Waals surface area contributed by atoms with Gasteiger partial charge in [-0.15, -0.1) is 0 Å². The number of H-pyrrole nitrogens is 1. The van der Waals surface area contributed by atoms with Crippen molar-refractivity contribution in [3.8, 4) is 11.3 Å². The largest absolute Gasteiger partial charge is 0.309 e. The minimum absolute atomic E-state index is 0.0991. The number of benzene rings is 1. The molecule has 1 aromatic carbocycles. The summed E-state index contributed by atoms with van der Waals surface area (Å²) in [6.45, 7) is 2.18. The Morgan fingerprint density at radius 3 is 2.61 bits per heavy atom. The van der Waals surface area contributed by atoms with E-state index in [0.717, 1.165) is 23.5 Å². The van der Waals surface area contributed by atoms with Crippen molar-refractivity contribution in [2.75, 3.05) is 0 Å². The Balaban J connectivity index is 2.14. The number of aromatic nitrogens is 2. The molecule has 0 saturated heterocycles. The Hall–Kier alpha value is -1.42. The van der Waals surface area contributed by atoms with Crippen molar-refractivity contribution in [1.82, 2.24) is 9.97 Å². The van der Waals surface area contributed by atoms with Crippen molar-refractivity contribution in [3.63, 3.8) is 0 Å². The van der Waals surface area contributed by atoms with Crippen LogP contribution in [0, 0.1) is 5.92 Å². The van der Waals surface area contributed by atoms with Crippen LogP contribution in [0.1, 0.15) is 25.1 Å². The Morgan fingerprint density at radius 2 is 2.00 bits per heavy atom. The van der Waals surface area contributed by atoms with Gasteiger partial charge in [0, 0.05) is 11.5 Å². The average Bonchev–Trinajstić information content (AvgIpc) is 3.11. The van der Waals surface area contributed by atoms with Gasteiger partial charge in [0.05, 0.1) is 5.69 Å². The standard InChI is InChI=1S/C14H13BrN2O/c1-8-7-10(8)13-16-12(11(15)14(18)17-13)9-5-3-2-4-6-9/h2-6,8,10H,7H2,1H3,(H,16,17,18). The summed E-state index contributed by atoms with van der Waals surface area (Å²) < 4.78 is 0.505. The van der Waals surface area contributed by atoms with E-state index in [1.165, 1.54) is 0 Å². The van der Waals surface area contributed by atoms with Crippen LogP contribution in [-0.4, -0.2) is 9.97 Å². The van der Waals surface area contributed by atoms with Crippen LogP contribution in [0.15, 0.2) is 39.6 Å². The summed E-state index contributed by atoms with van der Waals surface area (Å²) in [4.78, 5) is 19.4. The van der Waals surface area contributed by atoms with Gasteiger partial charge in [-0.25, -0.2) is 4.98 Å². The lowest BCUT2D eigenvalue weighted by Gasteiger charge is -2.06. The van der Waals surface area contributed by atoms with E-state index < -0.39 is 0 Å². The van der Waals surface area contributed by atoms with Crippen molar-refractivity contribution in [1.29, 1.82) is 0 Å². The van der Waals surface area contributed by atoms with E-state index in [1.807, 2.05) is 30.3 Å². The second-order valence-electron chi connectivity index (χ2n) is 4.80. The van der Waals surface area contributed by atoms with Crippen molar-refractivity contribution in [3.05, 3.63) is 51.0 Å². The third kappa shape index (κ3) is 2.01. The molecule has 2 aromatic rings. The lowest BCUT2D eigenvalue weighted by molar-refractivity contribution is 0.832. The molecule has 1 heterocycles. The third-order valence-corrected chi connectivity index (χ3v) is 4.12. The number of hydrogen-bond acceptors (Lipinski definition) is 2. The van der Waals surface area contributed by atoms with Crippen molar-refractivity contribution < 1.29 is 0 Å². The number of aromatic amines is 1. The van der Waals surface area contributed by atoms with Crippen molar-refractivity contribution in [2.24, 2.45) is 5.92 Å². The summed E-state index contributed by atoms with van der Waals surface area (Å²) >= 11 is 3.33. The Labute approximate surface area is 113 Å². The number of rotatable bonds is 2. The van der Waals surface area contributed by atoms with Crippen molar-refractivity contribution in [2.45, 2.75) is 19.3 Å². The van der Waals surface area contributed by atoms with E-state index in [0.29, 0.717) is 16.3 Å². The first-order valence-electron chi connectivity index (χ1n) is 6.02. The van der Waals surface area contributed by atoms with E-state index in [4.69, 9.17) is 0 Å². The highest BCUT2D eigenvalue weighted by molar-refractivity contribution is 9.10. The third-order valence-electron chi connectivity index (χ3n) is 3.39. The molecule has 18 heavy (non-hydrogen) atoms. The van der Waals surface area contributed by atoms with Gasteiger partial charge in [0.1, 0.15) is 10.3 Å². The van der Waals surface area contributed by atoms with Gasteiger partial charge in [-0.2, -0.15) is 0 Å². The zero-order chi connectivity index (χ0) is 12.7. The smallest absolute Gasteiger partial charge is 0.265 e. The van der Waals surface area contributed by atoms with E-state index in [9.17, 15) is 4.79 Å². The van der Waals surface area contributed by atoms with Gasteiger partial charge in [0.25, 0.3) is 5.56 Å². The maximum atomic E-state index is 11.9. The highest BCUT2D eigenvalue weighted by atomic mass is 79.9. The average molecular weight is 305 g/mol. The van der Waals surface area contributed by atoms with Gasteiger partial charge < -0.3 is 4.98 Å². The molecule has 1 aromatic heterocycles. The molecule has 0 aliphatic heterocycles. The fourth-order valence-corrected chi connectivity index (χ4v) is 2.56. The van der Waals surface area contributed by atoms with Crippen LogP contribution in [0.25, 0.3) is 11.3 Å². The molecule has 2 unspecified atom stereocenters. The summed E-state index contributed by atoms with van der Waals surface area (Å²) in [6, 6.07) is 9.78. The quantitative estimate of drug-likeness (QED) is 0.925. The van der Waals surface area contributed by atoms with Gasteiger partial charge in [-0.05, 0) is 28.3 Å². The lowest BCUT2D eigenvalue weighted by atomic mass is 10.1. The second-order valence-corrected chi connectivity index (χ2v) is 5.59. The minimum Gasteiger partial charge on any atom is -0.309 e. The Kier molecular flexibility index (Phi) is 2.82. The molecule has 1 aliphatic rings. The predicted octanol–water partition coefficient (Wildman–Crippen LogP) is 3.32. The predicted molar refractivity (Wildman–Crippen MR) is 74.5 cm³/mol. The normalized spacial score (nSPS) is 21.9. The van der Waals surface area contributed by atoms with E-state index in [2.05, 4.69) is 32.8 Å². The molecule has 0 bridgehead atoms. The van der Waals surface area contributed by atoms with E-state index in [-0.39, 0.29) is 5.56 Å². The molecule has 3 nitrogen and oxygen atoms in total. The molecule has 1 fully saturated rings. The zero-order valence-electron chi connectivity index (χ0n) is 9.98. The van der Waals surface area contributed by atoms with Crippen LogP contribution in [0.2, 0.25) is 0 Å². The molecule has 1 N–H and O–H groups in total. The molecule has 92 valence electrons. The second kappa shape index (κ2) is 4.35. The molecule has 0 spiro atoms. The maximum absolute atomic E-state index is 11.9. The van der Waals surface area contributed by atoms with Gasteiger partial charge in [0.15, 0.2) is 0 Å². The van der Waals surface area contributed by atoms with E-state index in [1.54, 1.807) is 0 Å². The zero-order valence-corrected chi connectivity index (χ0v) is 11.6. The number of nitrogens with one attached hydrogen (secondary N) is 1. The van der Waals surface area contributed by atoms with Crippen LogP contribution in [0.3, 0.4) is 0 Å². The molecular formula is C14H13BrN2O. The minimum atomic E-state index is -0.0991. The molecular weight excluding hydrogens is 292 g/mol. The van der Waals surface area contributed by atoms with Gasteiger partial charge in [-0.3, -0.25) is 4.79 Å². The number of nitrogens with zero attached hydrogens (tertiary/aromatic N) is 1. The topological polar surface area (TPSA) is 45.8 Å². The maximum Gasteiger partial charge on any atom is 0.265 e. The fourth-order valence-electron chi connectivity index (χ4n) is 2.14. The highest BCUT2D eigenvalue weighted by Gasteiger charge is 2.36. The molecule has 3 rings (SSSR count). The Bertz CT molecular complexity index is 636. The summed E-state index contributed by atoms with van der Waals surface area (Å²) in [5.41, 5.74) is 1.59. The molecule has 1 aliphatic carbocycles. The van der Waals surface area contributed by atoms with Crippen molar-refractivity contribution >= 4 is 15.9 Å². The first kappa shape index (κ1) is 11.7. The molecule has 0 radical (unpaired) electrons. The Morgan fingerprint density at radius 1 is 1.33 bits per heavy atom. The molecule has 2 atom stereocenters. The lowest BCUT2D eigenvalue weighted by Crippen LogP contribution is -2.13. The first-order valence-corrected chi connectivity index (χ1v) is 6.81. The van der Waals surface area contributed by atoms with Crippen LogP contribution >= 0.6 is 15.9 Å².